The summed E-state index contributed by atoms with van der Waals surface area (Å²) in [6.45, 7) is 0. The van der Waals surface area contributed by atoms with E-state index in [1.807, 2.05) is 6.07 Å². The molecule has 1 aromatic heterocycles. The van der Waals surface area contributed by atoms with Crippen LogP contribution in [0.2, 0.25) is 0 Å². The number of nitrogens with zero attached hydrogens (tertiary/aromatic N) is 2. The van der Waals surface area contributed by atoms with Crippen LogP contribution in [0, 0.1) is 22.0 Å². The molecule has 2 fully saturated rings. The lowest BCUT2D eigenvalue weighted by molar-refractivity contribution is -0.382. The molecule has 1 N–H and O–H groups in total. The van der Waals surface area contributed by atoms with Crippen molar-refractivity contribution in [1.82, 2.24) is 4.98 Å². The first-order chi connectivity index (χ1) is 10.2. The fraction of sp³-hybridized carbons (Fsp3) is 0.438. The highest BCUT2D eigenvalue weighted by Crippen LogP contribution is 2.46. The molecule has 4 rings (SSSR count). The SMILES string of the molecule is O=[N+]([O-])c1c(NC2CC3CCC2C3)ccc2ncccc12. The Morgan fingerprint density at radius 1 is 1.24 bits per heavy atom. The van der Waals surface area contributed by atoms with Crippen LogP contribution >= 0.6 is 0 Å². The number of hydrogen-bond acceptors (Lipinski definition) is 4. The molecule has 2 aromatic rings. The second-order valence-electron chi connectivity index (χ2n) is 6.21. The van der Waals surface area contributed by atoms with E-state index in [1.165, 1.54) is 19.3 Å². The maximum absolute atomic E-state index is 11.5. The van der Waals surface area contributed by atoms with Crippen molar-refractivity contribution in [2.75, 3.05) is 5.32 Å². The topological polar surface area (TPSA) is 68.1 Å². The number of fused-ring (bicyclic) bond motifs is 3. The van der Waals surface area contributed by atoms with Crippen LogP contribution in [0.5, 0.6) is 0 Å². The normalized spacial score (nSPS) is 27.1. The summed E-state index contributed by atoms with van der Waals surface area (Å²) in [4.78, 5) is 15.4. The molecule has 0 spiro atoms. The number of benzene rings is 1. The lowest BCUT2D eigenvalue weighted by atomic mass is 9.95. The molecule has 2 bridgehead atoms. The van der Waals surface area contributed by atoms with E-state index in [0.717, 1.165) is 12.3 Å². The second kappa shape index (κ2) is 4.69. The zero-order valence-corrected chi connectivity index (χ0v) is 11.7. The molecule has 2 aliphatic rings. The van der Waals surface area contributed by atoms with Crippen molar-refractivity contribution >= 4 is 22.3 Å². The van der Waals surface area contributed by atoms with Gasteiger partial charge in [0.15, 0.2) is 0 Å². The summed E-state index contributed by atoms with van der Waals surface area (Å²) in [5, 5.41) is 15.6. The van der Waals surface area contributed by atoms with Gasteiger partial charge in [0, 0.05) is 12.2 Å². The Labute approximate surface area is 122 Å². The van der Waals surface area contributed by atoms with Crippen LogP contribution in [0.1, 0.15) is 25.7 Å². The van der Waals surface area contributed by atoms with Gasteiger partial charge in [-0.2, -0.15) is 0 Å². The molecule has 21 heavy (non-hydrogen) atoms. The lowest BCUT2D eigenvalue weighted by Crippen LogP contribution is -2.26. The van der Waals surface area contributed by atoms with Gasteiger partial charge in [0.1, 0.15) is 5.69 Å². The zero-order chi connectivity index (χ0) is 14.4. The second-order valence-corrected chi connectivity index (χ2v) is 6.21. The molecule has 0 amide bonds. The minimum Gasteiger partial charge on any atom is -0.376 e. The Morgan fingerprint density at radius 3 is 2.86 bits per heavy atom. The van der Waals surface area contributed by atoms with E-state index in [2.05, 4.69) is 10.3 Å². The molecule has 0 radical (unpaired) electrons. The summed E-state index contributed by atoms with van der Waals surface area (Å²) in [6, 6.07) is 7.57. The molecule has 3 atom stereocenters. The number of aromatic nitrogens is 1. The average Bonchev–Trinajstić information content (AvgIpc) is 3.09. The average molecular weight is 283 g/mol. The Balaban J connectivity index is 1.74. The summed E-state index contributed by atoms with van der Waals surface area (Å²) in [5.41, 5.74) is 1.46. The minimum atomic E-state index is -0.292. The summed E-state index contributed by atoms with van der Waals surface area (Å²) < 4.78 is 0. The standard InChI is InChI=1S/C16H17N3O2/c20-19(21)16-12-2-1-7-17-13(12)5-6-14(16)18-15-9-10-3-4-11(15)8-10/h1-2,5-7,10-11,15,18H,3-4,8-9H2. The molecule has 1 aromatic carbocycles. The van der Waals surface area contributed by atoms with Crippen LogP contribution in [0.25, 0.3) is 10.9 Å². The van der Waals surface area contributed by atoms with Gasteiger partial charge in [-0.1, -0.05) is 6.42 Å². The lowest BCUT2D eigenvalue weighted by Gasteiger charge is -2.24. The molecule has 5 heteroatoms. The van der Waals surface area contributed by atoms with Gasteiger partial charge < -0.3 is 5.32 Å². The number of nitro groups is 1. The fourth-order valence-electron chi connectivity index (χ4n) is 4.07. The predicted molar refractivity (Wildman–Crippen MR) is 81.3 cm³/mol. The highest BCUT2D eigenvalue weighted by Gasteiger charge is 2.40. The van der Waals surface area contributed by atoms with Crippen LogP contribution in [-0.4, -0.2) is 15.9 Å². The molecular formula is C16H17N3O2. The molecule has 3 unspecified atom stereocenters. The van der Waals surface area contributed by atoms with Gasteiger partial charge in [-0.15, -0.1) is 0 Å². The van der Waals surface area contributed by atoms with Gasteiger partial charge in [-0.05, 0) is 55.4 Å². The fourth-order valence-corrected chi connectivity index (χ4v) is 4.07. The highest BCUT2D eigenvalue weighted by molar-refractivity contribution is 5.94. The molecule has 1 heterocycles. The largest absolute Gasteiger partial charge is 0.376 e. The monoisotopic (exact) mass is 283 g/mol. The third-order valence-electron chi connectivity index (χ3n) is 5.02. The number of pyridine rings is 1. The van der Waals surface area contributed by atoms with E-state index in [-0.39, 0.29) is 10.6 Å². The van der Waals surface area contributed by atoms with Gasteiger partial charge in [0.2, 0.25) is 0 Å². The molecule has 5 nitrogen and oxygen atoms in total. The summed E-state index contributed by atoms with van der Waals surface area (Å²) in [5.74, 6) is 1.49. The van der Waals surface area contributed by atoms with Crippen molar-refractivity contribution in [3.8, 4) is 0 Å². The van der Waals surface area contributed by atoms with Crippen molar-refractivity contribution < 1.29 is 4.92 Å². The van der Waals surface area contributed by atoms with Crippen molar-refractivity contribution in [2.45, 2.75) is 31.7 Å². The van der Waals surface area contributed by atoms with Crippen LogP contribution < -0.4 is 5.32 Å². The number of anilines is 1. The van der Waals surface area contributed by atoms with E-state index >= 15 is 0 Å². The molecule has 2 aliphatic carbocycles. The maximum atomic E-state index is 11.5. The molecular weight excluding hydrogens is 266 g/mol. The van der Waals surface area contributed by atoms with Crippen molar-refractivity contribution in [2.24, 2.45) is 11.8 Å². The first kappa shape index (κ1) is 12.6. The Bertz CT molecular complexity index is 716. The smallest absolute Gasteiger partial charge is 0.301 e. The van der Waals surface area contributed by atoms with Gasteiger partial charge in [0.05, 0.1) is 15.8 Å². The minimum absolute atomic E-state index is 0.156. The van der Waals surface area contributed by atoms with Gasteiger partial charge in [-0.3, -0.25) is 15.1 Å². The van der Waals surface area contributed by atoms with Crippen molar-refractivity contribution in [3.05, 3.63) is 40.6 Å². The molecule has 0 saturated heterocycles. The Morgan fingerprint density at radius 2 is 2.14 bits per heavy atom. The first-order valence-corrected chi connectivity index (χ1v) is 7.51. The van der Waals surface area contributed by atoms with E-state index in [9.17, 15) is 10.1 Å². The van der Waals surface area contributed by atoms with Gasteiger partial charge in [-0.25, -0.2) is 0 Å². The van der Waals surface area contributed by atoms with Crippen molar-refractivity contribution in [3.63, 3.8) is 0 Å². The van der Waals surface area contributed by atoms with Crippen LogP contribution in [0.15, 0.2) is 30.5 Å². The van der Waals surface area contributed by atoms with E-state index in [1.54, 1.807) is 24.4 Å². The number of rotatable bonds is 3. The van der Waals surface area contributed by atoms with Crippen molar-refractivity contribution in [1.29, 1.82) is 0 Å². The van der Waals surface area contributed by atoms with Gasteiger partial charge >= 0.3 is 5.69 Å². The van der Waals surface area contributed by atoms with Crippen LogP contribution in [0.4, 0.5) is 11.4 Å². The third kappa shape index (κ3) is 2.04. The zero-order valence-electron chi connectivity index (χ0n) is 11.7. The molecule has 0 aliphatic heterocycles. The Hall–Kier alpha value is -2.17. The number of nitro benzene ring substituents is 1. The Kier molecular flexibility index (Phi) is 2.80. The van der Waals surface area contributed by atoms with Crippen LogP contribution in [0.3, 0.4) is 0 Å². The third-order valence-corrected chi connectivity index (χ3v) is 5.02. The quantitative estimate of drug-likeness (QED) is 0.688. The van der Waals surface area contributed by atoms with E-state index < -0.39 is 0 Å². The summed E-state index contributed by atoms with van der Waals surface area (Å²) >= 11 is 0. The summed E-state index contributed by atoms with van der Waals surface area (Å²) in [7, 11) is 0. The number of hydrogen-bond donors (Lipinski definition) is 1. The van der Waals surface area contributed by atoms with E-state index in [0.29, 0.717) is 28.6 Å². The van der Waals surface area contributed by atoms with E-state index in [4.69, 9.17) is 0 Å². The van der Waals surface area contributed by atoms with Crippen LogP contribution in [-0.2, 0) is 0 Å². The summed E-state index contributed by atoms with van der Waals surface area (Å²) in [6.07, 6.45) is 6.67. The molecule has 108 valence electrons. The van der Waals surface area contributed by atoms with Gasteiger partial charge in [0.25, 0.3) is 0 Å². The number of nitrogens with one attached hydrogen (secondary N) is 1. The highest BCUT2D eigenvalue weighted by atomic mass is 16.6. The predicted octanol–water partition coefficient (Wildman–Crippen LogP) is 3.74. The maximum Gasteiger partial charge on any atom is 0.301 e. The first-order valence-electron chi connectivity index (χ1n) is 7.51. The molecule has 2 saturated carbocycles.